The third-order valence-electron chi connectivity index (χ3n) is 2.39. The molecule has 88 valence electrons. The highest BCUT2D eigenvalue weighted by atomic mass is 35.5. The van der Waals surface area contributed by atoms with Crippen LogP contribution >= 0.6 is 11.6 Å². The molecule has 0 aliphatic carbocycles. The van der Waals surface area contributed by atoms with Gasteiger partial charge in [-0.1, -0.05) is 17.7 Å². The third kappa shape index (κ3) is 2.85. The molecule has 1 amide bonds. The number of carbonyl (C=O) groups excluding carboxylic acids is 1. The third-order valence-corrected chi connectivity index (χ3v) is 2.75. The van der Waals surface area contributed by atoms with Gasteiger partial charge in [-0.15, -0.1) is 0 Å². The van der Waals surface area contributed by atoms with Crippen LogP contribution in [0.1, 0.15) is 12.5 Å². The van der Waals surface area contributed by atoms with Crippen molar-refractivity contribution >= 4 is 17.5 Å². The molecule has 1 heterocycles. The van der Waals surface area contributed by atoms with Crippen LogP contribution in [0.15, 0.2) is 30.5 Å². The fourth-order valence-corrected chi connectivity index (χ4v) is 1.70. The Kier molecular flexibility index (Phi) is 3.44. The van der Waals surface area contributed by atoms with Gasteiger partial charge in [0.2, 0.25) is 5.91 Å². The molecule has 0 saturated heterocycles. The molecule has 0 radical (unpaired) electrons. The molecular weight excluding hydrogens is 238 g/mol. The summed E-state index contributed by atoms with van der Waals surface area (Å²) in [5.41, 5.74) is 2.80. The summed E-state index contributed by atoms with van der Waals surface area (Å²) in [6, 6.07) is 7.54. The van der Waals surface area contributed by atoms with Gasteiger partial charge in [0.1, 0.15) is 0 Å². The Morgan fingerprint density at radius 3 is 2.94 bits per heavy atom. The van der Waals surface area contributed by atoms with Crippen molar-refractivity contribution in [3.8, 4) is 11.3 Å². The van der Waals surface area contributed by atoms with E-state index in [4.69, 9.17) is 11.6 Å². The van der Waals surface area contributed by atoms with E-state index in [2.05, 4.69) is 15.5 Å². The minimum absolute atomic E-state index is 0.0759. The zero-order valence-corrected chi connectivity index (χ0v) is 10.1. The van der Waals surface area contributed by atoms with E-state index in [0.717, 1.165) is 16.8 Å². The number of hydrogen-bond acceptors (Lipinski definition) is 2. The molecular formula is C12H12ClN3O. The van der Waals surface area contributed by atoms with Crippen LogP contribution < -0.4 is 5.32 Å². The summed E-state index contributed by atoms with van der Waals surface area (Å²) in [5, 5.41) is 10.1. The number of aromatic nitrogens is 2. The lowest BCUT2D eigenvalue weighted by atomic mass is 10.1. The topological polar surface area (TPSA) is 57.8 Å². The zero-order chi connectivity index (χ0) is 12.3. The van der Waals surface area contributed by atoms with E-state index in [1.165, 1.54) is 6.92 Å². The molecule has 0 bridgehead atoms. The van der Waals surface area contributed by atoms with Crippen LogP contribution in [0.25, 0.3) is 11.3 Å². The SMILES string of the molecule is CC(=O)NCc1cc(-c2ccn[nH]2)ccc1Cl. The molecule has 2 N–H and O–H groups in total. The number of aromatic amines is 1. The summed E-state index contributed by atoms with van der Waals surface area (Å²) in [6.07, 6.45) is 1.69. The Balaban J connectivity index is 2.26. The summed E-state index contributed by atoms with van der Waals surface area (Å²) < 4.78 is 0. The Morgan fingerprint density at radius 1 is 1.47 bits per heavy atom. The maximum absolute atomic E-state index is 10.9. The first-order valence-electron chi connectivity index (χ1n) is 5.19. The van der Waals surface area contributed by atoms with Crippen LogP contribution in [-0.2, 0) is 11.3 Å². The molecule has 2 rings (SSSR count). The fourth-order valence-electron chi connectivity index (χ4n) is 1.51. The predicted octanol–water partition coefficient (Wildman–Crippen LogP) is 2.37. The Hall–Kier alpha value is -1.81. The van der Waals surface area contributed by atoms with Crippen molar-refractivity contribution < 1.29 is 4.79 Å². The van der Waals surface area contributed by atoms with Crippen molar-refractivity contribution in [1.82, 2.24) is 15.5 Å². The molecule has 4 nitrogen and oxygen atoms in total. The second kappa shape index (κ2) is 5.01. The summed E-state index contributed by atoms with van der Waals surface area (Å²) in [7, 11) is 0. The molecule has 1 aromatic heterocycles. The first-order chi connectivity index (χ1) is 8.16. The normalized spacial score (nSPS) is 10.2. The van der Waals surface area contributed by atoms with Crippen LogP contribution in [0, 0.1) is 0 Å². The van der Waals surface area contributed by atoms with Gasteiger partial charge in [-0.25, -0.2) is 0 Å². The maximum Gasteiger partial charge on any atom is 0.217 e. The molecule has 0 spiro atoms. The van der Waals surface area contributed by atoms with Gasteiger partial charge in [-0.3, -0.25) is 9.89 Å². The molecule has 1 aromatic carbocycles. The fraction of sp³-hybridized carbons (Fsp3) is 0.167. The molecule has 0 saturated carbocycles. The summed E-state index contributed by atoms with van der Waals surface area (Å²) in [4.78, 5) is 10.9. The molecule has 5 heteroatoms. The highest BCUT2D eigenvalue weighted by Gasteiger charge is 2.05. The molecule has 0 fully saturated rings. The number of hydrogen-bond donors (Lipinski definition) is 2. The van der Waals surface area contributed by atoms with Crippen LogP contribution in [0.2, 0.25) is 5.02 Å². The van der Waals surface area contributed by atoms with Crippen molar-refractivity contribution in [2.45, 2.75) is 13.5 Å². The van der Waals surface area contributed by atoms with Gasteiger partial charge in [0.05, 0.1) is 5.69 Å². The van der Waals surface area contributed by atoms with Gasteiger partial charge in [0.25, 0.3) is 0 Å². The van der Waals surface area contributed by atoms with Crippen LogP contribution in [-0.4, -0.2) is 16.1 Å². The van der Waals surface area contributed by atoms with E-state index in [9.17, 15) is 4.79 Å². The number of H-pyrrole nitrogens is 1. The average Bonchev–Trinajstić information content (AvgIpc) is 2.81. The molecule has 17 heavy (non-hydrogen) atoms. The predicted molar refractivity (Wildman–Crippen MR) is 66.6 cm³/mol. The van der Waals surface area contributed by atoms with Crippen molar-refractivity contribution in [1.29, 1.82) is 0 Å². The van der Waals surface area contributed by atoms with E-state index in [1.807, 2.05) is 24.3 Å². The minimum Gasteiger partial charge on any atom is -0.352 e. The second-order valence-electron chi connectivity index (χ2n) is 3.69. The maximum atomic E-state index is 10.9. The van der Waals surface area contributed by atoms with E-state index in [1.54, 1.807) is 6.20 Å². The monoisotopic (exact) mass is 249 g/mol. The van der Waals surface area contributed by atoms with Gasteiger partial charge in [0, 0.05) is 24.7 Å². The van der Waals surface area contributed by atoms with Gasteiger partial charge in [-0.2, -0.15) is 5.10 Å². The lowest BCUT2D eigenvalue weighted by Gasteiger charge is -2.07. The van der Waals surface area contributed by atoms with E-state index in [0.29, 0.717) is 11.6 Å². The van der Waals surface area contributed by atoms with Gasteiger partial charge >= 0.3 is 0 Å². The number of nitrogens with one attached hydrogen (secondary N) is 2. The summed E-state index contributed by atoms with van der Waals surface area (Å²) in [6.45, 7) is 1.91. The molecule has 0 aliphatic rings. The zero-order valence-electron chi connectivity index (χ0n) is 9.33. The van der Waals surface area contributed by atoms with Gasteiger partial charge in [-0.05, 0) is 29.3 Å². The first kappa shape index (κ1) is 11.7. The molecule has 0 atom stereocenters. The second-order valence-corrected chi connectivity index (χ2v) is 4.09. The number of benzene rings is 1. The minimum atomic E-state index is -0.0759. The number of amides is 1. The highest BCUT2D eigenvalue weighted by Crippen LogP contribution is 2.23. The number of carbonyl (C=O) groups is 1. The van der Waals surface area contributed by atoms with Gasteiger partial charge in [0.15, 0.2) is 0 Å². The van der Waals surface area contributed by atoms with E-state index >= 15 is 0 Å². The Labute approximate surface area is 104 Å². The Morgan fingerprint density at radius 2 is 2.29 bits per heavy atom. The highest BCUT2D eigenvalue weighted by molar-refractivity contribution is 6.31. The van der Waals surface area contributed by atoms with Gasteiger partial charge < -0.3 is 5.32 Å². The largest absolute Gasteiger partial charge is 0.352 e. The first-order valence-corrected chi connectivity index (χ1v) is 5.57. The van der Waals surface area contributed by atoms with E-state index in [-0.39, 0.29) is 5.91 Å². The quantitative estimate of drug-likeness (QED) is 0.877. The Bertz CT molecular complexity index is 523. The van der Waals surface area contributed by atoms with E-state index < -0.39 is 0 Å². The standard InChI is InChI=1S/C12H12ClN3O/c1-8(17)14-7-10-6-9(2-3-11(10)13)12-4-5-15-16-12/h2-6H,7H2,1H3,(H,14,17)(H,15,16). The lowest BCUT2D eigenvalue weighted by Crippen LogP contribution is -2.19. The van der Waals surface area contributed by atoms with Crippen LogP contribution in [0.3, 0.4) is 0 Å². The number of nitrogens with zero attached hydrogens (tertiary/aromatic N) is 1. The molecule has 0 unspecified atom stereocenters. The summed E-state index contributed by atoms with van der Waals surface area (Å²) >= 11 is 6.06. The van der Waals surface area contributed by atoms with Crippen LogP contribution in [0.5, 0.6) is 0 Å². The van der Waals surface area contributed by atoms with Crippen molar-refractivity contribution in [2.24, 2.45) is 0 Å². The molecule has 0 aliphatic heterocycles. The van der Waals surface area contributed by atoms with Crippen molar-refractivity contribution in [3.63, 3.8) is 0 Å². The van der Waals surface area contributed by atoms with Crippen molar-refractivity contribution in [3.05, 3.63) is 41.0 Å². The lowest BCUT2D eigenvalue weighted by molar-refractivity contribution is -0.119. The smallest absolute Gasteiger partial charge is 0.217 e. The van der Waals surface area contributed by atoms with Crippen LogP contribution in [0.4, 0.5) is 0 Å². The average molecular weight is 250 g/mol. The van der Waals surface area contributed by atoms with Crippen molar-refractivity contribution in [2.75, 3.05) is 0 Å². The molecule has 2 aromatic rings. The number of rotatable bonds is 3. The number of halogens is 1. The summed E-state index contributed by atoms with van der Waals surface area (Å²) in [5.74, 6) is -0.0759.